The first-order valence-electron chi connectivity index (χ1n) is 5.56. The van der Waals surface area contributed by atoms with Crippen molar-refractivity contribution in [3.8, 4) is 0 Å². The molecule has 1 aliphatic heterocycles. The molecule has 1 fully saturated rings. The molecule has 0 radical (unpaired) electrons. The highest BCUT2D eigenvalue weighted by molar-refractivity contribution is 5.32. The third kappa shape index (κ3) is 2.08. The topological polar surface area (TPSA) is 47.9 Å². The van der Waals surface area contributed by atoms with Gasteiger partial charge < -0.3 is 9.47 Å². The van der Waals surface area contributed by atoms with Crippen molar-refractivity contribution >= 4 is 0 Å². The average molecular weight is 223 g/mol. The lowest BCUT2D eigenvalue weighted by molar-refractivity contribution is -0.0752. The number of hydrogen-bond donors (Lipinski definition) is 0. The summed E-state index contributed by atoms with van der Waals surface area (Å²) in [7, 11) is 0. The summed E-state index contributed by atoms with van der Waals surface area (Å²) in [5.74, 6) is 0. The van der Waals surface area contributed by atoms with Crippen molar-refractivity contribution in [1.82, 2.24) is 0 Å². The van der Waals surface area contributed by atoms with E-state index in [9.17, 15) is 4.91 Å². The van der Waals surface area contributed by atoms with Gasteiger partial charge in [0.2, 0.25) is 0 Å². The molecule has 1 aliphatic carbocycles. The first-order chi connectivity index (χ1) is 7.65. The zero-order valence-corrected chi connectivity index (χ0v) is 9.68. The lowest BCUT2D eigenvalue weighted by Gasteiger charge is -2.35. The van der Waals surface area contributed by atoms with Gasteiger partial charge in [0.05, 0.1) is 19.8 Å². The molecule has 0 aromatic carbocycles. The van der Waals surface area contributed by atoms with E-state index in [1.807, 2.05) is 32.1 Å². The fourth-order valence-corrected chi connectivity index (χ4v) is 2.18. The van der Waals surface area contributed by atoms with E-state index in [4.69, 9.17) is 9.47 Å². The van der Waals surface area contributed by atoms with E-state index in [0.29, 0.717) is 19.8 Å². The molecule has 0 aromatic heterocycles. The first-order valence-corrected chi connectivity index (χ1v) is 5.56. The maximum atomic E-state index is 11.0. The Hall–Kier alpha value is -1.00. The minimum Gasteiger partial charge on any atom is -0.376 e. The number of ether oxygens (including phenoxy) is 2. The van der Waals surface area contributed by atoms with Crippen LogP contribution < -0.4 is 0 Å². The normalized spacial score (nSPS) is 33.2. The van der Waals surface area contributed by atoms with Crippen LogP contribution in [0.2, 0.25) is 0 Å². The van der Waals surface area contributed by atoms with Gasteiger partial charge in [0.1, 0.15) is 12.1 Å². The highest BCUT2D eigenvalue weighted by Crippen LogP contribution is 2.36. The van der Waals surface area contributed by atoms with E-state index in [0.717, 1.165) is 5.57 Å². The molecule has 2 aliphatic rings. The molecule has 0 spiro atoms. The molecule has 2 atom stereocenters. The van der Waals surface area contributed by atoms with E-state index in [-0.39, 0.29) is 17.6 Å². The molecule has 88 valence electrons. The zero-order chi connectivity index (χ0) is 11.6. The average Bonchev–Trinajstić information content (AvgIpc) is 2.28. The van der Waals surface area contributed by atoms with E-state index in [1.54, 1.807) is 0 Å². The van der Waals surface area contributed by atoms with Crippen LogP contribution in [0.4, 0.5) is 0 Å². The molecule has 1 saturated heterocycles. The maximum absolute atomic E-state index is 11.0. The van der Waals surface area contributed by atoms with Gasteiger partial charge in [0.15, 0.2) is 0 Å². The largest absolute Gasteiger partial charge is 0.376 e. The third-order valence-corrected chi connectivity index (χ3v) is 3.13. The molecule has 0 saturated carbocycles. The van der Waals surface area contributed by atoms with Crippen molar-refractivity contribution in [1.29, 1.82) is 0 Å². The predicted octanol–water partition coefficient (Wildman–Crippen LogP) is 2.06. The Morgan fingerprint density at radius 3 is 2.88 bits per heavy atom. The van der Waals surface area contributed by atoms with Gasteiger partial charge >= 0.3 is 0 Å². The van der Waals surface area contributed by atoms with Crippen LogP contribution in [0.5, 0.6) is 0 Å². The van der Waals surface area contributed by atoms with Crippen LogP contribution in [0.1, 0.15) is 13.8 Å². The predicted molar refractivity (Wildman–Crippen MR) is 61.1 cm³/mol. The third-order valence-electron chi connectivity index (χ3n) is 3.13. The van der Waals surface area contributed by atoms with E-state index in [2.05, 4.69) is 5.18 Å². The van der Waals surface area contributed by atoms with Crippen molar-refractivity contribution < 1.29 is 9.47 Å². The van der Waals surface area contributed by atoms with Crippen LogP contribution in [0.15, 0.2) is 29.0 Å². The lowest BCUT2D eigenvalue weighted by Crippen LogP contribution is -2.39. The van der Waals surface area contributed by atoms with Gasteiger partial charge in [0, 0.05) is 5.41 Å². The summed E-state index contributed by atoms with van der Waals surface area (Å²) in [6.45, 7) is 5.74. The van der Waals surface area contributed by atoms with Crippen molar-refractivity contribution in [2.24, 2.45) is 10.6 Å². The van der Waals surface area contributed by atoms with Gasteiger partial charge in [-0.05, 0) is 5.57 Å². The first kappa shape index (κ1) is 11.5. The zero-order valence-electron chi connectivity index (χ0n) is 9.68. The molecule has 0 amide bonds. The molecule has 4 nitrogen and oxygen atoms in total. The smallest absolute Gasteiger partial charge is 0.124 e. The molecular formula is C12H17NO3. The number of nitrogens with zero attached hydrogens (tertiary/aromatic N) is 1. The van der Waals surface area contributed by atoms with Crippen LogP contribution >= 0.6 is 0 Å². The van der Waals surface area contributed by atoms with Crippen LogP contribution in [0.3, 0.4) is 0 Å². The van der Waals surface area contributed by atoms with Crippen LogP contribution in [0.25, 0.3) is 0 Å². The molecule has 16 heavy (non-hydrogen) atoms. The Labute approximate surface area is 95.3 Å². The molecule has 4 heteroatoms. The molecule has 0 aromatic rings. The molecule has 0 bridgehead atoms. The van der Waals surface area contributed by atoms with Crippen LogP contribution in [0, 0.1) is 10.3 Å². The summed E-state index contributed by atoms with van der Waals surface area (Å²) in [6, 6.07) is -0.357. The summed E-state index contributed by atoms with van der Waals surface area (Å²) in [5, 5.41) is 3.25. The molecule has 0 N–H and O–H groups in total. The molecule has 2 unspecified atom stereocenters. The second kappa shape index (κ2) is 4.47. The Balaban J connectivity index is 2.21. The van der Waals surface area contributed by atoms with Crippen molar-refractivity contribution in [2.45, 2.75) is 26.0 Å². The standard InChI is InChI=1S/C12H17NO3/c1-12(2)5-3-4-9(11(12)13-14)10-8-15-6-7-16-10/h3-5,10-11H,6-8H2,1-2H3. The number of rotatable bonds is 2. The number of allylic oxidation sites excluding steroid dienone is 2. The van der Waals surface area contributed by atoms with Crippen LogP contribution in [-0.4, -0.2) is 32.0 Å². The maximum Gasteiger partial charge on any atom is 0.124 e. The van der Waals surface area contributed by atoms with Gasteiger partial charge in [0.25, 0.3) is 0 Å². The summed E-state index contributed by atoms with van der Waals surface area (Å²) in [6.07, 6.45) is 5.78. The SMILES string of the molecule is CC1(C)C=CC=C(C2COCCO2)C1N=O. The molecule has 1 heterocycles. The Bertz CT molecular complexity index is 327. The Morgan fingerprint density at radius 1 is 1.44 bits per heavy atom. The van der Waals surface area contributed by atoms with E-state index in [1.165, 1.54) is 0 Å². The molecular weight excluding hydrogens is 206 g/mol. The van der Waals surface area contributed by atoms with Gasteiger partial charge in [-0.25, -0.2) is 0 Å². The highest BCUT2D eigenvalue weighted by Gasteiger charge is 2.37. The van der Waals surface area contributed by atoms with E-state index < -0.39 is 0 Å². The summed E-state index contributed by atoms with van der Waals surface area (Å²) < 4.78 is 11.0. The van der Waals surface area contributed by atoms with Crippen molar-refractivity contribution in [2.75, 3.05) is 19.8 Å². The van der Waals surface area contributed by atoms with Crippen molar-refractivity contribution in [3.05, 3.63) is 28.7 Å². The second-order valence-corrected chi connectivity index (χ2v) is 4.79. The summed E-state index contributed by atoms with van der Waals surface area (Å²) in [4.78, 5) is 11.0. The monoisotopic (exact) mass is 223 g/mol. The Kier molecular flexibility index (Phi) is 3.21. The van der Waals surface area contributed by atoms with Gasteiger partial charge in [-0.2, -0.15) is 4.91 Å². The summed E-state index contributed by atoms with van der Waals surface area (Å²) in [5.41, 5.74) is 0.689. The highest BCUT2D eigenvalue weighted by atomic mass is 16.6. The molecule has 2 rings (SSSR count). The number of hydrogen-bond acceptors (Lipinski definition) is 4. The number of nitroso groups, excluding NO2 is 1. The minimum atomic E-state index is -0.357. The fraction of sp³-hybridized carbons (Fsp3) is 0.667. The minimum absolute atomic E-state index is 0.124. The summed E-state index contributed by atoms with van der Waals surface area (Å²) >= 11 is 0. The Morgan fingerprint density at radius 2 is 2.25 bits per heavy atom. The van der Waals surface area contributed by atoms with Gasteiger partial charge in [-0.15, -0.1) is 0 Å². The second-order valence-electron chi connectivity index (χ2n) is 4.79. The van der Waals surface area contributed by atoms with Crippen molar-refractivity contribution in [3.63, 3.8) is 0 Å². The van der Waals surface area contributed by atoms with Crippen LogP contribution in [-0.2, 0) is 9.47 Å². The quantitative estimate of drug-likeness (QED) is 0.673. The fourth-order valence-electron chi connectivity index (χ4n) is 2.18. The van der Waals surface area contributed by atoms with Gasteiger partial charge in [-0.3, -0.25) is 0 Å². The van der Waals surface area contributed by atoms with E-state index >= 15 is 0 Å². The van der Waals surface area contributed by atoms with Gasteiger partial charge in [-0.1, -0.05) is 37.3 Å². The lowest BCUT2D eigenvalue weighted by atomic mass is 9.76.